The lowest BCUT2D eigenvalue weighted by Crippen LogP contribution is -2.39. The van der Waals surface area contributed by atoms with Crippen molar-refractivity contribution in [2.45, 2.75) is 25.8 Å². The van der Waals surface area contributed by atoms with Crippen molar-refractivity contribution in [3.05, 3.63) is 45.6 Å². The summed E-state index contributed by atoms with van der Waals surface area (Å²) in [5.74, 6) is 1.44. The number of amides is 1. The van der Waals surface area contributed by atoms with Gasteiger partial charge in [0.1, 0.15) is 0 Å². The van der Waals surface area contributed by atoms with Gasteiger partial charge in [0.25, 0.3) is 5.91 Å². The maximum absolute atomic E-state index is 12.9. The highest BCUT2D eigenvalue weighted by molar-refractivity contribution is 7.10. The molecular formula is C17H17NO3S. The summed E-state index contributed by atoms with van der Waals surface area (Å²) in [5.41, 5.74) is 1.98. The van der Waals surface area contributed by atoms with Gasteiger partial charge in [0.2, 0.25) is 6.79 Å². The molecule has 2 aromatic rings. The molecule has 0 bridgehead atoms. The number of hydrogen-bond donors (Lipinski definition) is 0. The van der Waals surface area contributed by atoms with Crippen molar-refractivity contribution in [2.75, 3.05) is 13.3 Å². The first-order valence-electron chi connectivity index (χ1n) is 7.55. The number of rotatable bonds is 2. The maximum Gasteiger partial charge on any atom is 0.254 e. The summed E-state index contributed by atoms with van der Waals surface area (Å²) in [6, 6.07) is 7.77. The average Bonchev–Trinajstić information content (AvgIpc) is 3.20. The van der Waals surface area contributed by atoms with Crippen molar-refractivity contribution in [1.29, 1.82) is 0 Å². The van der Waals surface area contributed by atoms with Gasteiger partial charge in [-0.2, -0.15) is 0 Å². The number of fused-ring (bicyclic) bond motifs is 2. The molecule has 0 aliphatic carbocycles. The van der Waals surface area contributed by atoms with Gasteiger partial charge in [0.05, 0.1) is 6.04 Å². The second-order valence-corrected chi connectivity index (χ2v) is 6.54. The van der Waals surface area contributed by atoms with Gasteiger partial charge in [0, 0.05) is 17.0 Å². The Morgan fingerprint density at radius 3 is 3.05 bits per heavy atom. The number of nitrogens with zero attached hydrogens (tertiary/aromatic N) is 1. The molecule has 3 heterocycles. The Labute approximate surface area is 133 Å². The monoisotopic (exact) mass is 315 g/mol. The molecule has 0 N–H and O–H groups in total. The van der Waals surface area contributed by atoms with E-state index in [4.69, 9.17) is 9.47 Å². The highest BCUT2D eigenvalue weighted by atomic mass is 32.1. The van der Waals surface area contributed by atoms with Gasteiger partial charge in [-0.15, -0.1) is 11.3 Å². The van der Waals surface area contributed by atoms with Gasteiger partial charge in [-0.3, -0.25) is 4.79 Å². The van der Waals surface area contributed by atoms with E-state index in [0.29, 0.717) is 17.1 Å². The highest BCUT2D eigenvalue weighted by Crippen LogP contribution is 2.37. The summed E-state index contributed by atoms with van der Waals surface area (Å²) >= 11 is 1.80. The maximum atomic E-state index is 12.9. The first-order chi connectivity index (χ1) is 10.8. The lowest BCUT2D eigenvalue weighted by molar-refractivity contribution is 0.0657. The van der Waals surface area contributed by atoms with Crippen LogP contribution >= 0.6 is 11.3 Å². The molecule has 1 unspecified atom stereocenters. The first kappa shape index (κ1) is 13.6. The molecule has 0 fully saturated rings. The van der Waals surface area contributed by atoms with Crippen molar-refractivity contribution >= 4 is 17.2 Å². The van der Waals surface area contributed by atoms with Gasteiger partial charge >= 0.3 is 0 Å². The number of carbonyl (C=O) groups excluding carboxylic acids is 1. The summed E-state index contributed by atoms with van der Waals surface area (Å²) in [4.78, 5) is 16.3. The van der Waals surface area contributed by atoms with Crippen LogP contribution < -0.4 is 9.47 Å². The van der Waals surface area contributed by atoms with Gasteiger partial charge in [0.15, 0.2) is 11.5 Å². The molecule has 1 atom stereocenters. The van der Waals surface area contributed by atoms with E-state index in [2.05, 4.69) is 18.4 Å². The number of carbonyl (C=O) groups is 1. The third-order valence-electron chi connectivity index (χ3n) is 4.36. The number of ether oxygens (including phenoxy) is 2. The quantitative estimate of drug-likeness (QED) is 0.849. The normalized spacial score (nSPS) is 19.1. The van der Waals surface area contributed by atoms with E-state index in [-0.39, 0.29) is 18.7 Å². The summed E-state index contributed by atoms with van der Waals surface area (Å²) in [6.45, 7) is 3.14. The molecule has 0 spiro atoms. The fourth-order valence-corrected chi connectivity index (χ4v) is 4.20. The predicted molar refractivity (Wildman–Crippen MR) is 84.7 cm³/mol. The van der Waals surface area contributed by atoms with Crippen LogP contribution in [0.1, 0.15) is 40.2 Å². The fraction of sp³-hybridized carbons (Fsp3) is 0.353. The van der Waals surface area contributed by atoms with Gasteiger partial charge in [-0.1, -0.05) is 6.92 Å². The highest BCUT2D eigenvalue weighted by Gasteiger charge is 2.31. The fourth-order valence-electron chi connectivity index (χ4n) is 3.28. The Morgan fingerprint density at radius 1 is 1.32 bits per heavy atom. The second-order valence-electron chi connectivity index (χ2n) is 5.54. The minimum absolute atomic E-state index is 0.0713. The van der Waals surface area contributed by atoms with Crippen LogP contribution in [0.15, 0.2) is 29.6 Å². The molecule has 1 aromatic carbocycles. The summed E-state index contributed by atoms with van der Waals surface area (Å²) in [6.07, 6.45) is 1.87. The van der Waals surface area contributed by atoms with Gasteiger partial charge in [-0.05, 0) is 48.1 Å². The first-order valence-corrected chi connectivity index (χ1v) is 8.42. The molecule has 114 valence electrons. The van der Waals surface area contributed by atoms with E-state index >= 15 is 0 Å². The van der Waals surface area contributed by atoms with Crippen LogP contribution in [-0.4, -0.2) is 24.1 Å². The van der Waals surface area contributed by atoms with Crippen LogP contribution in [0.2, 0.25) is 0 Å². The zero-order chi connectivity index (χ0) is 15.1. The van der Waals surface area contributed by atoms with E-state index in [9.17, 15) is 4.79 Å². The molecule has 4 nitrogen and oxygen atoms in total. The molecule has 2 aliphatic rings. The molecule has 2 aliphatic heterocycles. The summed E-state index contributed by atoms with van der Waals surface area (Å²) in [7, 11) is 0. The third-order valence-corrected chi connectivity index (χ3v) is 5.36. The Bertz CT molecular complexity index is 724. The van der Waals surface area contributed by atoms with Crippen molar-refractivity contribution in [3.63, 3.8) is 0 Å². The van der Waals surface area contributed by atoms with Crippen LogP contribution in [0.4, 0.5) is 0 Å². The van der Waals surface area contributed by atoms with Crippen LogP contribution in [0.3, 0.4) is 0 Å². The summed E-state index contributed by atoms with van der Waals surface area (Å²) in [5, 5.41) is 2.13. The molecule has 1 aromatic heterocycles. The zero-order valence-corrected chi connectivity index (χ0v) is 13.2. The van der Waals surface area contributed by atoms with Gasteiger partial charge in [-0.25, -0.2) is 0 Å². The van der Waals surface area contributed by atoms with Crippen LogP contribution in [0, 0.1) is 0 Å². The Kier molecular flexibility index (Phi) is 3.30. The molecule has 4 rings (SSSR count). The molecule has 1 amide bonds. The van der Waals surface area contributed by atoms with E-state index in [0.717, 1.165) is 19.4 Å². The minimum Gasteiger partial charge on any atom is -0.454 e. The topological polar surface area (TPSA) is 38.8 Å². The Balaban J connectivity index is 1.65. The van der Waals surface area contributed by atoms with Crippen molar-refractivity contribution in [1.82, 2.24) is 4.90 Å². The molecular weight excluding hydrogens is 298 g/mol. The predicted octanol–water partition coefficient (Wildman–Crippen LogP) is 3.63. The molecule has 5 heteroatoms. The van der Waals surface area contributed by atoms with E-state index in [1.807, 2.05) is 17.0 Å². The van der Waals surface area contributed by atoms with Crippen molar-refractivity contribution < 1.29 is 14.3 Å². The third kappa shape index (κ3) is 2.08. The van der Waals surface area contributed by atoms with Crippen LogP contribution in [0.25, 0.3) is 0 Å². The average molecular weight is 315 g/mol. The Hall–Kier alpha value is -2.01. The van der Waals surface area contributed by atoms with E-state index < -0.39 is 0 Å². The number of thiophene rings is 1. The van der Waals surface area contributed by atoms with Gasteiger partial charge < -0.3 is 14.4 Å². The van der Waals surface area contributed by atoms with Crippen molar-refractivity contribution in [2.24, 2.45) is 0 Å². The Morgan fingerprint density at radius 2 is 2.18 bits per heavy atom. The molecule has 22 heavy (non-hydrogen) atoms. The SMILES string of the molecule is CCC1c2ccsc2CCN1C(=O)c1ccc2c(c1)OCO2. The number of benzene rings is 1. The second kappa shape index (κ2) is 5.32. The van der Waals surface area contributed by atoms with E-state index in [1.165, 1.54) is 10.4 Å². The lowest BCUT2D eigenvalue weighted by Gasteiger charge is -2.35. The van der Waals surface area contributed by atoms with Crippen LogP contribution in [-0.2, 0) is 6.42 Å². The largest absolute Gasteiger partial charge is 0.454 e. The molecule has 0 saturated heterocycles. The molecule has 0 radical (unpaired) electrons. The standard InChI is InChI=1S/C17H17NO3S/c1-2-13-12-6-8-22-16(12)5-7-18(13)17(19)11-3-4-14-15(9-11)21-10-20-14/h3-4,6,8-9,13H,2,5,7,10H2,1H3. The summed E-state index contributed by atoms with van der Waals surface area (Å²) < 4.78 is 10.7. The van der Waals surface area contributed by atoms with E-state index in [1.54, 1.807) is 17.4 Å². The van der Waals surface area contributed by atoms with Crippen LogP contribution in [0.5, 0.6) is 11.5 Å². The minimum atomic E-state index is 0.0713. The van der Waals surface area contributed by atoms with Crippen molar-refractivity contribution in [3.8, 4) is 11.5 Å². The zero-order valence-electron chi connectivity index (χ0n) is 12.4. The molecule has 0 saturated carbocycles. The smallest absolute Gasteiger partial charge is 0.254 e. The number of hydrogen-bond acceptors (Lipinski definition) is 4. The lowest BCUT2D eigenvalue weighted by atomic mass is 9.97.